The molecule has 5 nitrogen and oxygen atoms in total. The zero-order valence-corrected chi connectivity index (χ0v) is 14.6. The molecular formula is C21H20N2O3. The lowest BCUT2D eigenvalue weighted by Gasteiger charge is -2.21. The van der Waals surface area contributed by atoms with Crippen molar-refractivity contribution in [2.45, 2.75) is 19.9 Å². The monoisotopic (exact) mass is 348 g/mol. The Bertz CT molecular complexity index is 810. The van der Waals surface area contributed by atoms with E-state index in [0.29, 0.717) is 12.1 Å². The predicted molar refractivity (Wildman–Crippen MR) is 97.0 cm³/mol. The van der Waals surface area contributed by atoms with Gasteiger partial charge in [0, 0.05) is 32.0 Å². The molecule has 0 aliphatic carbocycles. The van der Waals surface area contributed by atoms with Crippen LogP contribution in [-0.2, 0) is 16.1 Å². The van der Waals surface area contributed by atoms with Gasteiger partial charge < -0.3 is 4.90 Å². The molecule has 2 rings (SSSR count). The van der Waals surface area contributed by atoms with Crippen molar-refractivity contribution in [3.05, 3.63) is 71.8 Å². The van der Waals surface area contributed by atoms with E-state index in [-0.39, 0.29) is 18.9 Å². The van der Waals surface area contributed by atoms with E-state index < -0.39 is 17.5 Å². The number of ketones is 2. The summed E-state index contributed by atoms with van der Waals surface area (Å²) in [6, 6.07) is 19.5. The largest absolute Gasteiger partial charge is 0.338 e. The lowest BCUT2D eigenvalue weighted by molar-refractivity contribution is -0.130. The minimum atomic E-state index is -1.34. The molecule has 2 aromatic rings. The van der Waals surface area contributed by atoms with Gasteiger partial charge in [0.1, 0.15) is 0 Å². The van der Waals surface area contributed by atoms with Gasteiger partial charge in [-0.25, -0.2) is 0 Å². The zero-order chi connectivity index (χ0) is 18.9. The van der Waals surface area contributed by atoms with E-state index in [1.807, 2.05) is 30.3 Å². The summed E-state index contributed by atoms with van der Waals surface area (Å²) in [7, 11) is 0. The van der Waals surface area contributed by atoms with Crippen LogP contribution in [0, 0.1) is 17.2 Å². The van der Waals surface area contributed by atoms with Gasteiger partial charge in [-0.3, -0.25) is 14.4 Å². The molecule has 0 saturated heterocycles. The summed E-state index contributed by atoms with van der Waals surface area (Å²) in [5.74, 6) is -2.48. The summed E-state index contributed by atoms with van der Waals surface area (Å²) in [5.41, 5.74) is 1.28. The van der Waals surface area contributed by atoms with Gasteiger partial charge in [-0.2, -0.15) is 5.26 Å². The van der Waals surface area contributed by atoms with Crippen LogP contribution in [0.4, 0.5) is 0 Å². The Labute approximate surface area is 152 Å². The summed E-state index contributed by atoms with van der Waals surface area (Å²) < 4.78 is 0. The van der Waals surface area contributed by atoms with Crippen molar-refractivity contribution in [3.8, 4) is 6.07 Å². The average molecular weight is 348 g/mol. The topological polar surface area (TPSA) is 78.2 Å². The van der Waals surface area contributed by atoms with Crippen molar-refractivity contribution < 1.29 is 14.4 Å². The Hall–Kier alpha value is -3.26. The van der Waals surface area contributed by atoms with Gasteiger partial charge in [0.25, 0.3) is 0 Å². The predicted octanol–water partition coefficient (Wildman–Crippen LogP) is 3.02. The van der Waals surface area contributed by atoms with Gasteiger partial charge >= 0.3 is 0 Å². The maximum absolute atomic E-state index is 12.4. The van der Waals surface area contributed by atoms with Crippen LogP contribution in [0.1, 0.15) is 29.3 Å². The Morgan fingerprint density at radius 2 is 1.58 bits per heavy atom. The Balaban J connectivity index is 2.01. The molecule has 132 valence electrons. The minimum Gasteiger partial charge on any atom is -0.338 e. The summed E-state index contributed by atoms with van der Waals surface area (Å²) in [6.07, 6.45) is -0.0385. The van der Waals surface area contributed by atoms with Crippen molar-refractivity contribution in [2.24, 2.45) is 5.92 Å². The molecule has 2 aromatic carbocycles. The summed E-state index contributed by atoms with van der Waals surface area (Å²) in [6.45, 7) is 1.99. The molecular weight excluding hydrogens is 328 g/mol. The summed E-state index contributed by atoms with van der Waals surface area (Å²) in [4.78, 5) is 38.1. The highest BCUT2D eigenvalue weighted by Crippen LogP contribution is 2.13. The van der Waals surface area contributed by atoms with E-state index in [2.05, 4.69) is 0 Å². The number of hydrogen-bond acceptors (Lipinski definition) is 4. The molecule has 0 heterocycles. The van der Waals surface area contributed by atoms with Crippen molar-refractivity contribution in [2.75, 3.05) is 6.54 Å². The standard InChI is InChI=1S/C21H20N2O3/c1-16(24)23(15-17-8-4-2-5-9-17)13-12-20(25)19(14-22)21(26)18-10-6-3-7-11-18/h2-11,19H,12-13,15H2,1H3/t19-/m1/s1. The molecule has 0 saturated carbocycles. The molecule has 1 amide bonds. The second-order valence-electron chi connectivity index (χ2n) is 5.93. The highest BCUT2D eigenvalue weighted by atomic mass is 16.2. The number of rotatable bonds is 8. The van der Waals surface area contributed by atoms with Crippen LogP contribution in [0.25, 0.3) is 0 Å². The van der Waals surface area contributed by atoms with Crippen LogP contribution in [0.5, 0.6) is 0 Å². The van der Waals surface area contributed by atoms with Gasteiger partial charge in [0.15, 0.2) is 17.5 Å². The Morgan fingerprint density at radius 1 is 1.00 bits per heavy atom. The molecule has 0 aromatic heterocycles. The minimum absolute atomic E-state index is 0.0385. The molecule has 0 aliphatic heterocycles. The fourth-order valence-electron chi connectivity index (χ4n) is 2.59. The maximum atomic E-state index is 12.4. The van der Waals surface area contributed by atoms with Crippen LogP contribution in [0.15, 0.2) is 60.7 Å². The van der Waals surface area contributed by atoms with Crippen molar-refractivity contribution in [1.29, 1.82) is 5.26 Å². The van der Waals surface area contributed by atoms with E-state index in [1.165, 1.54) is 11.8 Å². The number of carbonyl (C=O) groups is 3. The fourth-order valence-corrected chi connectivity index (χ4v) is 2.59. The highest BCUT2D eigenvalue weighted by molar-refractivity contribution is 6.12. The van der Waals surface area contributed by atoms with Crippen LogP contribution < -0.4 is 0 Å². The first-order chi connectivity index (χ1) is 12.5. The van der Waals surface area contributed by atoms with E-state index in [1.54, 1.807) is 36.4 Å². The smallest absolute Gasteiger partial charge is 0.219 e. The molecule has 0 fully saturated rings. The molecule has 0 radical (unpaired) electrons. The van der Waals surface area contributed by atoms with Crippen LogP contribution >= 0.6 is 0 Å². The second kappa shape index (κ2) is 9.28. The Morgan fingerprint density at radius 3 is 2.12 bits per heavy atom. The fraction of sp³-hybridized carbons (Fsp3) is 0.238. The van der Waals surface area contributed by atoms with E-state index in [0.717, 1.165) is 5.56 Å². The molecule has 0 aliphatic rings. The summed E-state index contributed by atoms with van der Waals surface area (Å²) in [5, 5.41) is 9.27. The molecule has 0 unspecified atom stereocenters. The normalized spacial score (nSPS) is 11.2. The molecule has 26 heavy (non-hydrogen) atoms. The number of amides is 1. The van der Waals surface area contributed by atoms with E-state index >= 15 is 0 Å². The van der Waals surface area contributed by atoms with Gasteiger partial charge in [-0.15, -0.1) is 0 Å². The van der Waals surface area contributed by atoms with Crippen molar-refractivity contribution in [1.82, 2.24) is 4.90 Å². The van der Waals surface area contributed by atoms with Crippen molar-refractivity contribution in [3.63, 3.8) is 0 Å². The van der Waals surface area contributed by atoms with Crippen LogP contribution in [0.3, 0.4) is 0 Å². The number of hydrogen-bond donors (Lipinski definition) is 0. The average Bonchev–Trinajstić information content (AvgIpc) is 2.66. The van der Waals surface area contributed by atoms with Gasteiger partial charge in [-0.1, -0.05) is 60.7 Å². The SMILES string of the molecule is CC(=O)N(CCC(=O)[C@@H](C#N)C(=O)c1ccccc1)Cc1ccccc1. The summed E-state index contributed by atoms with van der Waals surface area (Å²) >= 11 is 0. The number of nitrogens with zero attached hydrogens (tertiary/aromatic N) is 2. The number of benzene rings is 2. The maximum Gasteiger partial charge on any atom is 0.219 e. The highest BCUT2D eigenvalue weighted by Gasteiger charge is 2.27. The van der Waals surface area contributed by atoms with Gasteiger partial charge in [0.2, 0.25) is 5.91 Å². The van der Waals surface area contributed by atoms with Crippen molar-refractivity contribution >= 4 is 17.5 Å². The lowest BCUT2D eigenvalue weighted by Crippen LogP contribution is -2.32. The third-order valence-corrected chi connectivity index (χ3v) is 4.06. The first kappa shape index (κ1) is 19.1. The quantitative estimate of drug-likeness (QED) is 0.543. The first-order valence-corrected chi connectivity index (χ1v) is 8.34. The van der Waals surface area contributed by atoms with Gasteiger partial charge in [-0.05, 0) is 5.56 Å². The first-order valence-electron chi connectivity index (χ1n) is 8.34. The number of Topliss-reactive ketones (excluding diaryl/α,β-unsaturated/α-hetero) is 2. The van der Waals surface area contributed by atoms with Gasteiger partial charge in [0.05, 0.1) is 6.07 Å². The molecule has 0 bridgehead atoms. The third kappa shape index (κ3) is 5.12. The second-order valence-corrected chi connectivity index (χ2v) is 5.93. The molecule has 0 spiro atoms. The van der Waals surface area contributed by atoms with Crippen LogP contribution in [0.2, 0.25) is 0 Å². The zero-order valence-electron chi connectivity index (χ0n) is 14.6. The number of carbonyl (C=O) groups excluding carboxylic acids is 3. The third-order valence-electron chi connectivity index (χ3n) is 4.06. The molecule has 0 N–H and O–H groups in total. The molecule has 5 heteroatoms. The number of nitriles is 1. The van der Waals surface area contributed by atoms with E-state index in [4.69, 9.17) is 0 Å². The van der Waals surface area contributed by atoms with E-state index in [9.17, 15) is 19.6 Å². The van der Waals surface area contributed by atoms with Crippen LogP contribution in [-0.4, -0.2) is 28.9 Å². The molecule has 1 atom stereocenters. The lowest BCUT2D eigenvalue weighted by atomic mass is 9.93. The Kier molecular flexibility index (Phi) is 6.81.